The summed E-state index contributed by atoms with van der Waals surface area (Å²) in [7, 11) is 0. The highest BCUT2D eigenvalue weighted by atomic mass is 35.5. The quantitative estimate of drug-likeness (QED) is 0.525. The van der Waals surface area contributed by atoms with E-state index >= 15 is 0 Å². The van der Waals surface area contributed by atoms with Gasteiger partial charge in [-0.15, -0.1) is 0 Å². The van der Waals surface area contributed by atoms with E-state index < -0.39 is 0 Å². The molecule has 3 heteroatoms. The van der Waals surface area contributed by atoms with Crippen LogP contribution < -0.4 is 10.6 Å². The van der Waals surface area contributed by atoms with Crippen molar-refractivity contribution in [2.75, 3.05) is 5.73 Å². The molecule has 60 valence electrons. The summed E-state index contributed by atoms with van der Waals surface area (Å²) in [6.45, 7) is 2.62. The van der Waals surface area contributed by atoms with Crippen molar-refractivity contribution in [3.05, 3.63) is 29.3 Å². The van der Waals surface area contributed by atoms with Crippen molar-refractivity contribution in [1.29, 1.82) is 0 Å². The molecule has 0 aliphatic heterocycles. The fourth-order valence-corrected chi connectivity index (χ4v) is 1.03. The maximum absolute atomic E-state index is 5.68. The summed E-state index contributed by atoms with van der Waals surface area (Å²) in [6.07, 6.45) is 0. The van der Waals surface area contributed by atoms with Crippen LogP contribution in [0.4, 0.5) is 5.69 Å². The number of nitrogen functional groups attached to an aromatic ring is 1. The molecule has 0 heterocycles. The number of nitrogens with two attached hydrogens (primary N) is 1. The van der Waals surface area contributed by atoms with Gasteiger partial charge in [0.05, 0.1) is 0 Å². The maximum atomic E-state index is 5.68. The average molecular weight is 171 g/mol. The van der Waals surface area contributed by atoms with Crippen molar-refractivity contribution in [3.63, 3.8) is 0 Å². The zero-order valence-electron chi connectivity index (χ0n) is 6.39. The van der Waals surface area contributed by atoms with Crippen LogP contribution in [-0.4, -0.2) is 0 Å². The Balaban J connectivity index is 2.86. The molecular weight excluding hydrogens is 160 g/mol. The van der Waals surface area contributed by atoms with Gasteiger partial charge in [-0.25, -0.2) is 4.84 Å². The zero-order valence-corrected chi connectivity index (χ0v) is 7.15. The summed E-state index contributed by atoms with van der Waals surface area (Å²) in [5, 5.41) is 0. The van der Waals surface area contributed by atoms with Crippen LogP contribution in [0.25, 0.3) is 0 Å². The van der Waals surface area contributed by atoms with Crippen molar-refractivity contribution >= 4 is 17.5 Å². The Morgan fingerprint density at radius 2 is 2.27 bits per heavy atom. The van der Waals surface area contributed by atoms with Crippen LogP contribution >= 0.6 is 11.8 Å². The number of hydrogen-bond donors (Lipinski definition) is 2. The minimum Gasteiger partial charge on any atom is -0.399 e. The molecule has 0 aromatic heterocycles. The van der Waals surface area contributed by atoms with Gasteiger partial charge in [-0.2, -0.15) is 0 Å². The highest BCUT2D eigenvalue weighted by molar-refractivity contribution is 6.13. The molecule has 0 saturated heterocycles. The molecule has 1 rings (SSSR count). The first-order valence-corrected chi connectivity index (χ1v) is 3.80. The largest absolute Gasteiger partial charge is 0.399 e. The molecular formula is C8H11ClN2. The topological polar surface area (TPSA) is 38.0 Å². The lowest BCUT2D eigenvalue weighted by Crippen LogP contribution is -1.99. The minimum atomic E-state index is 0.645. The van der Waals surface area contributed by atoms with Gasteiger partial charge in [-0.3, -0.25) is 0 Å². The molecule has 0 bridgehead atoms. The fourth-order valence-electron chi connectivity index (χ4n) is 0.877. The van der Waals surface area contributed by atoms with E-state index in [2.05, 4.69) is 4.84 Å². The molecule has 0 spiro atoms. The Hall–Kier alpha value is -0.730. The normalized spacial score (nSPS) is 10.0. The molecule has 0 aliphatic carbocycles. The van der Waals surface area contributed by atoms with E-state index in [1.54, 1.807) is 0 Å². The molecule has 0 fully saturated rings. The first-order valence-electron chi connectivity index (χ1n) is 3.42. The molecule has 1 aromatic carbocycles. The predicted octanol–water partition coefficient (Wildman–Crippen LogP) is 1.82. The van der Waals surface area contributed by atoms with Crippen molar-refractivity contribution in [2.45, 2.75) is 13.5 Å². The molecule has 0 unspecified atom stereocenters. The molecule has 3 N–H and O–H groups in total. The lowest BCUT2D eigenvalue weighted by molar-refractivity contribution is 0.963. The van der Waals surface area contributed by atoms with Gasteiger partial charge < -0.3 is 5.73 Å². The molecule has 0 atom stereocenters. The second-order valence-corrected chi connectivity index (χ2v) is 2.77. The van der Waals surface area contributed by atoms with Crippen LogP contribution in [0.2, 0.25) is 0 Å². The number of nitrogens with one attached hydrogen (secondary N) is 1. The van der Waals surface area contributed by atoms with Crippen LogP contribution in [0.3, 0.4) is 0 Å². The first kappa shape index (κ1) is 8.37. The number of halogens is 1. The van der Waals surface area contributed by atoms with E-state index in [-0.39, 0.29) is 0 Å². The number of hydrogen-bond acceptors (Lipinski definition) is 2. The average Bonchev–Trinajstić information content (AvgIpc) is 1.98. The Morgan fingerprint density at radius 1 is 1.55 bits per heavy atom. The van der Waals surface area contributed by atoms with Gasteiger partial charge in [0.2, 0.25) is 0 Å². The zero-order chi connectivity index (χ0) is 8.27. The smallest absolute Gasteiger partial charge is 0.0359 e. The van der Waals surface area contributed by atoms with E-state index in [1.165, 1.54) is 0 Å². The molecule has 0 amide bonds. The minimum absolute atomic E-state index is 0.645. The van der Waals surface area contributed by atoms with Gasteiger partial charge >= 0.3 is 0 Å². The Morgan fingerprint density at radius 3 is 2.82 bits per heavy atom. The maximum Gasteiger partial charge on any atom is 0.0359 e. The van der Waals surface area contributed by atoms with E-state index in [9.17, 15) is 0 Å². The Kier molecular flexibility index (Phi) is 2.74. The van der Waals surface area contributed by atoms with Crippen molar-refractivity contribution < 1.29 is 0 Å². The Bertz CT molecular complexity index is 248. The second-order valence-electron chi connectivity index (χ2n) is 2.50. The van der Waals surface area contributed by atoms with E-state index in [0.29, 0.717) is 6.54 Å². The monoisotopic (exact) mass is 170 g/mol. The second kappa shape index (κ2) is 3.60. The predicted molar refractivity (Wildman–Crippen MR) is 48.3 cm³/mol. The van der Waals surface area contributed by atoms with Gasteiger partial charge in [0.1, 0.15) is 0 Å². The van der Waals surface area contributed by atoms with Crippen LogP contribution in [0.15, 0.2) is 18.2 Å². The number of aryl methyl sites for hydroxylation is 1. The molecule has 0 saturated carbocycles. The third-order valence-corrected chi connectivity index (χ3v) is 1.75. The fraction of sp³-hybridized carbons (Fsp3) is 0.250. The van der Waals surface area contributed by atoms with Crippen LogP contribution in [-0.2, 0) is 6.54 Å². The van der Waals surface area contributed by atoms with E-state index in [0.717, 1.165) is 16.8 Å². The van der Waals surface area contributed by atoms with Crippen LogP contribution in [0.1, 0.15) is 11.1 Å². The molecule has 0 aliphatic rings. The van der Waals surface area contributed by atoms with Gasteiger partial charge in [0.25, 0.3) is 0 Å². The molecule has 1 aromatic rings. The summed E-state index contributed by atoms with van der Waals surface area (Å²) in [5.74, 6) is 0. The van der Waals surface area contributed by atoms with Crippen molar-refractivity contribution in [2.24, 2.45) is 0 Å². The van der Waals surface area contributed by atoms with Gasteiger partial charge in [-0.1, -0.05) is 12.1 Å². The van der Waals surface area contributed by atoms with E-state index in [4.69, 9.17) is 17.5 Å². The summed E-state index contributed by atoms with van der Waals surface area (Å²) >= 11 is 5.34. The third kappa shape index (κ3) is 2.10. The highest BCUT2D eigenvalue weighted by Crippen LogP contribution is 2.12. The number of benzene rings is 1. The summed E-state index contributed by atoms with van der Waals surface area (Å²) in [5.41, 5.74) is 8.69. The Labute approximate surface area is 71.5 Å². The van der Waals surface area contributed by atoms with Gasteiger partial charge in [-0.05, 0) is 35.9 Å². The molecule has 11 heavy (non-hydrogen) atoms. The van der Waals surface area contributed by atoms with Crippen LogP contribution in [0, 0.1) is 6.92 Å². The standard InChI is InChI=1S/C8H11ClN2/c1-6-2-3-7(5-11-9)4-8(6)10/h2-4,11H,5,10H2,1H3. The van der Waals surface area contributed by atoms with Gasteiger partial charge in [0, 0.05) is 12.2 Å². The van der Waals surface area contributed by atoms with E-state index in [1.807, 2.05) is 25.1 Å². The summed E-state index contributed by atoms with van der Waals surface area (Å²) in [6, 6.07) is 5.91. The van der Waals surface area contributed by atoms with Crippen molar-refractivity contribution in [1.82, 2.24) is 4.84 Å². The molecule has 2 nitrogen and oxygen atoms in total. The first-order chi connectivity index (χ1) is 5.24. The SMILES string of the molecule is Cc1ccc(CNCl)cc1N. The summed E-state index contributed by atoms with van der Waals surface area (Å²) < 4.78 is 0. The number of anilines is 1. The van der Waals surface area contributed by atoms with Crippen LogP contribution in [0.5, 0.6) is 0 Å². The lowest BCUT2D eigenvalue weighted by Gasteiger charge is -2.02. The van der Waals surface area contributed by atoms with Gasteiger partial charge in [0.15, 0.2) is 0 Å². The van der Waals surface area contributed by atoms with Crippen molar-refractivity contribution in [3.8, 4) is 0 Å². The third-order valence-electron chi connectivity index (χ3n) is 1.61. The number of rotatable bonds is 2. The lowest BCUT2D eigenvalue weighted by atomic mass is 10.1. The molecule has 0 radical (unpaired) electrons. The highest BCUT2D eigenvalue weighted by Gasteiger charge is 1.94. The summed E-state index contributed by atoms with van der Waals surface area (Å²) in [4.78, 5) is 2.55.